The number of anilines is 1. The molecule has 1 amide bonds. The van der Waals surface area contributed by atoms with Gasteiger partial charge in [0.05, 0.1) is 23.7 Å². The molecule has 0 aliphatic rings. The van der Waals surface area contributed by atoms with E-state index in [1.54, 1.807) is 0 Å². The molecule has 2 aromatic carbocycles. The first kappa shape index (κ1) is 19.1. The van der Waals surface area contributed by atoms with Crippen molar-refractivity contribution in [3.63, 3.8) is 0 Å². The minimum absolute atomic E-state index is 0.101. The second kappa shape index (κ2) is 8.26. The first-order chi connectivity index (χ1) is 12.3. The van der Waals surface area contributed by atoms with Gasteiger partial charge in [-0.25, -0.2) is 9.18 Å². The third-order valence-corrected chi connectivity index (χ3v) is 3.40. The molecule has 26 heavy (non-hydrogen) atoms. The summed E-state index contributed by atoms with van der Waals surface area (Å²) in [6, 6.07) is 7.16. The third-order valence-electron chi connectivity index (χ3n) is 3.16. The van der Waals surface area contributed by atoms with Gasteiger partial charge in [0.25, 0.3) is 11.6 Å². The number of methoxy groups -OCH3 is 1. The van der Waals surface area contributed by atoms with E-state index in [4.69, 9.17) is 21.1 Å². The van der Waals surface area contributed by atoms with Crippen LogP contribution in [-0.2, 0) is 9.53 Å². The summed E-state index contributed by atoms with van der Waals surface area (Å²) in [6.45, 7) is -0.760. The van der Waals surface area contributed by atoms with Gasteiger partial charge in [0, 0.05) is 5.02 Å². The van der Waals surface area contributed by atoms with E-state index in [2.05, 4.69) is 5.32 Å². The van der Waals surface area contributed by atoms with E-state index in [-0.39, 0.29) is 16.5 Å². The second-order valence-corrected chi connectivity index (χ2v) is 5.33. The van der Waals surface area contributed by atoms with Crippen molar-refractivity contribution in [3.05, 3.63) is 62.9 Å². The van der Waals surface area contributed by atoms with Crippen LogP contribution in [0.1, 0.15) is 10.4 Å². The molecule has 136 valence electrons. The molecular formula is C16H12ClFN2O6. The van der Waals surface area contributed by atoms with Crippen LogP contribution < -0.4 is 10.1 Å². The van der Waals surface area contributed by atoms with Crippen molar-refractivity contribution in [1.29, 1.82) is 0 Å². The van der Waals surface area contributed by atoms with Crippen LogP contribution in [0.5, 0.6) is 5.75 Å². The molecule has 0 spiro atoms. The summed E-state index contributed by atoms with van der Waals surface area (Å²) in [5.41, 5.74) is -0.889. The van der Waals surface area contributed by atoms with Crippen LogP contribution in [0, 0.1) is 15.9 Å². The zero-order valence-electron chi connectivity index (χ0n) is 13.3. The first-order valence-corrected chi connectivity index (χ1v) is 7.44. The molecule has 0 saturated carbocycles. The number of hydrogen-bond donors (Lipinski definition) is 1. The number of carbonyl (C=O) groups is 2. The lowest BCUT2D eigenvalue weighted by Crippen LogP contribution is -2.21. The molecule has 0 aliphatic heterocycles. The van der Waals surface area contributed by atoms with Crippen molar-refractivity contribution >= 4 is 34.9 Å². The Labute approximate surface area is 151 Å². The van der Waals surface area contributed by atoms with Crippen molar-refractivity contribution in [2.45, 2.75) is 0 Å². The van der Waals surface area contributed by atoms with E-state index in [1.165, 1.54) is 25.3 Å². The Morgan fingerprint density at radius 1 is 1.27 bits per heavy atom. The summed E-state index contributed by atoms with van der Waals surface area (Å²) >= 11 is 5.58. The Bertz CT molecular complexity index is 874. The highest BCUT2D eigenvalue weighted by atomic mass is 35.5. The molecular weight excluding hydrogens is 371 g/mol. The van der Waals surface area contributed by atoms with Crippen LogP contribution in [0.4, 0.5) is 15.8 Å². The highest BCUT2D eigenvalue weighted by Crippen LogP contribution is 2.28. The number of esters is 1. The maximum absolute atomic E-state index is 13.6. The molecule has 0 saturated heterocycles. The highest BCUT2D eigenvalue weighted by Gasteiger charge is 2.19. The van der Waals surface area contributed by atoms with E-state index >= 15 is 0 Å². The number of halogens is 2. The summed E-state index contributed by atoms with van der Waals surface area (Å²) in [6.07, 6.45) is 0. The van der Waals surface area contributed by atoms with E-state index in [9.17, 15) is 24.1 Å². The predicted molar refractivity (Wildman–Crippen MR) is 90.0 cm³/mol. The van der Waals surface area contributed by atoms with Gasteiger partial charge < -0.3 is 14.8 Å². The average molecular weight is 383 g/mol. The molecule has 0 fully saturated rings. The van der Waals surface area contributed by atoms with Crippen molar-refractivity contribution in [3.8, 4) is 5.75 Å². The number of carbonyl (C=O) groups excluding carboxylic acids is 2. The molecule has 0 aliphatic carbocycles. The Morgan fingerprint density at radius 3 is 2.62 bits per heavy atom. The van der Waals surface area contributed by atoms with Gasteiger partial charge in [0.1, 0.15) is 17.3 Å². The van der Waals surface area contributed by atoms with Crippen molar-refractivity contribution in [2.75, 3.05) is 19.0 Å². The smallest absolute Gasteiger partial charge is 0.341 e. The lowest BCUT2D eigenvalue weighted by Gasteiger charge is -2.08. The van der Waals surface area contributed by atoms with Crippen LogP contribution in [0.3, 0.4) is 0 Å². The van der Waals surface area contributed by atoms with Crippen LogP contribution >= 0.6 is 11.6 Å². The Hall–Kier alpha value is -3.20. The molecule has 10 heteroatoms. The number of rotatable bonds is 6. The van der Waals surface area contributed by atoms with Gasteiger partial charge in [-0.15, -0.1) is 0 Å². The lowest BCUT2D eigenvalue weighted by atomic mass is 10.2. The number of amides is 1. The molecule has 0 unspecified atom stereocenters. The summed E-state index contributed by atoms with van der Waals surface area (Å²) < 4.78 is 23.2. The zero-order valence-corrected chi connectivity index (χ0v) is 14.1. The maximum Gasteiger partial charge on any atom is 0.341 e. The molecule has 0 atom stereocenters. The van der Waals surface area contributed by atoms with Crippen LogP contribution in [0.2, 0.25) is 5.02 Å². The fourth-order valence-electron chi connectivity index (χ4n) is 1.95. The maximum atomic E-state index is 13.6. The van der Waals surface area contributed by atoms with Crippen molar-refractivity contribution in [2.24, 2.45) is 0 Å². The Balaban J connectivity index is 2.03. The molecule has 2 rings (SSSR count). The monoisotopic (exact) mass is 382 g/mol. The van der Waals surface area contributed by atoms with Gasteiger partial charge in [-0.05, 0) is 30.3 Å². The van der Waals surface area contributed by atoms with E-state index in [0.29, 0.717) is 0 Å². The summed E-state index contributed by atoms with van der Waals surface area (Å²) in [5, 5.41) is 13.4. The van der Waals surface area contributed by atoms with E-state index in [1.807, 2.05) is 0 Å². The quantitative estimate of drug-likeness (QED) is 0.467. The van der Waals surface area contributed by atoms with E-state index in [0.717, 1.165) is 18.2 Å². The van der Waals surface area contributed by atoms with Crippen molar-refractivity contribution in [1.82, 2.24) is 0 Å². The fourth-order valence-corrected chi connectivity index (χ4v) is 2.10. The summed E-state index contributed by atoms with van der Waals surface area (Å²) in [5.74, 6) is -2.56. The Kier molecular flexibility index (Phi) is 6.07. The number of nitrogens with one attached hydrogen (secondary N) is 1. The first-order valence-electron chi connectivity index (χ1n) is 7.06. The van der Waals surface area contributed by atoms with Crippen LogP contribution in [0.15, 0.2) is 36.4 Å². The predicted octanol–water partition coefficient (Wildman–Crippen LogP) is 3.19. The highest BCUT2D eigenvalue weighted by molar-refractivity contribution is 6.30. The largest absolute Gasteiger partial charge is 0.496 e. The van der Waals surface area contributed by atoms with Gasteiger partial charge in [-0.3, -0.25) is 14.9 Å². The molecule has 0 heterocycles. The van der Waals surface area contributed by atoms with Gasteiger partial charge >= 0.3 is 5.97 Å². The lowest BCUT2D eigenvalue weighted by molar-refractivity contribution is -0.384. The topological polar surface area (TPSA) is 108 Å². The number of nitro benzene ring substituents is 1. The van der Waals surface area contributed by atoms with Gasteiger partial charge in [-0.1, -0.05) is 11.6 Å². The van der Waals surface area contributed by atoms with Crippen molar-refractivity contribution < 1.29 is 28.4 Å². The number of benzene rings is 2. The summed E-state index contributed by atoms with van der Waals surface area (Å²) in [4.78, 5) is 34.0. The minimum Gasteiger partial charge on any atom is -0.496 e. The fraction of sp³-hybridized carbons (Fsp3) is 0.125. The second-order valence-electron chi connectivity index (χ2n) is 4.89. The van der Waals surface area contributed by atoms with Gasteiger partial charge in [0.15, 0.2) is 6.61 Å². The molecule has 0 aromatic heterocycles. The molecule has 1 N–H and O–H groups in total. The Morgan fingerprint density at radius 2 is 2.00 bits per heavy atom. The molecule has 2 aromatic rings. The minimum atomic E-state index is -1.07. The van der Waals surface area contributed by atoms with Crippen LogP contribution in [-0.4, -0.2) is 30.5 Å². The normalized spacial score (nSPS) is 10.1. The average Bonchev–Trinajstić information content (AvgIpc) is 2.59. The number of ether oxygens (including phenoxy) is 2. The summed E-state index contributed by atoms with van der Waals surface area (Å²) in [7, 11) is 1.34. The van der Waals surface area contributed by atoms with Gasteiger partial charge in [0.2, 0.25) is 0 Å². The molecule has 8 nitrogen and oxygen atoms in total. The molecule has 0 radical (unpaired) electrons. The zero-order chi connectivity index (χ0) is 19.3. The standard InChI is InChI=1S/C16H12ClFN2O6/c1-25-10-3-5-13(14(7-10)20(23)24)19-15(21)8-26-16(22)11-4-2-9(17)6-12(11)18/h2-7H,8H2,1H3,(H,19,21). The molecule has 0 bridgehead atoms. The van der Waals surface area contributed by atoms with Crippen LogP contribution in [0.25, 0.3) is 0 Å². The number of hydrogen-bond acceptors (Lipinski definition) is 6. The van der Waals surface area contributed by atoms with Gasteiger partial charge in [-0.2, -0.15) is 0 Å². The number of nitrogens with zero attached hydrogens (tertiary/aromatic N) is 1. The third kappa shape index (κ3) is 4.67. The number of nitro groups is 1. The SMILES string of the molecule is COc1ccc(NC(=O)COC(=O)c2ccc(Cl)cc2F)c([N+](=O)[O-])c1. The van der Waals surface area contributed by atoms with E-state index < -0.39 is 40.5 Å².